The molecule has 0 bridgehead atoms. The SMILES string of the molecule is CCCO[C@@H]1CCCN(C(=O)c2cccc(-c3cc(C)c(C)[nH]c3=O)c2)C1. The summed E-state index contributed by atoms with van der Waals surface area (Å²) in [7, 11) is 0. The van der Waals surface area contributed by atoms with Crippen molar-refractivity contribution in [2.75, 3.05) is 19.7 Å². The molecular formula is C22H28N2O3. The lowest BCUT2D eigenvalue weighted by Crippen LogP contribution is -2.43. The lowest BCUT2D eigenvalue weighted by atomic mass is 10.0. The normalized spacial score (nSPS) is 17.1. The fourth-order valence-corrected chi connectivity index (χ4v) is 3.49. The van der Waals surface area contributed by atoms with E-state index in [1.165, 1.54) is 0 Å². The molecular weight excluding hydrogens is 340 g/mol. The largest absolute Gasteiger partial charge is 0.376 e. The van der Waals surface area contributed by atoms with Gasteiger partial charge in [0.2, 0.25) is 0 Å². The zero-order chi connectivity index (χ0) is 19.4. The van der Waals surface area contributed by atoms with Crippen LogP contribution in [0, 0.1) is 13.8 Å². The summed E-state index contributed by atoms with van der Waals surface area (Å²) < 4.78 is 5.84. The zero-order valence-corrected chi connectivity index (χ0v) is 16.4. The first-order valence-electron chi connectivity index (χ1n) is 9.71. The van der Waals surface area contributed by atoms with E-state index in [1.807, 2.05) is 49.1 Å². The highest BCUT2D eigenvalue weighted by Gasteiger charge is 2.25. The highest BCUT2D eigenvalue weighted by molar-refractivity contribution is 5.95. The number of carbonyl (C=O) groups is 1. The van der Waals surface area contributed by atoms with E-state index < -0.39 is 0 Å². The Kier molecular flexibility index (Phi) is 6.11. The summed E-state index contributed by atoms with van der Waals surface area (Å²) in [4.78, 5) is 30.1. The average molecular weight is 368 g/mol. The molecule has 5 heteroatoms. The summed E-state index contributed by atoms with van der Waals surface area (Å²) in [6.07, 6.45) is 3.06. The lowest BCUT2D eigenvalue weighted by Gasteiger charge is -2.32. The van der Waals surface area contributed by atoms with Crippen LogP contribution in [0.3, 0.4) is 0 Å². The molecule has 5 nitrogen and oxygen atoms in total. The lowest BCUT2D eigenvalue weighted by molar-refractivity contribution is 0.00211. The van der Waals surface area contributed by atoms with Gasteiger partial charge in [-0.25, -0.2) is 0 Å². The van der Waals surface area contributed by atoms with Gasteiger partial charge in [-0.15, -0.1) is 0 Å². The Bertz CT molecular complexity index is 872. The van der Waals surface area contributed by atoms with Crippen molar-refractivity contribution in [1.29, 1.82) is 0 Å². The second-order valence-electron chi connectivity index (χ2n) is 7.29. The van der Waals surface area contributed by atoms with E-state index in [-0.39, 0.29) is 17.6 Å². The zero-order valence-electron chi connectivity index (χ0n) is 16.4. The molecule has 144 valence electrons. The number of aromatic nitrogens is 1. The van der Waals surface area contributed by atoms with Gasteiger partial charge in [0.1, 0.15) is 0 Å². The Labute approximate surface area is 160 Å². The molecule has 0 radical (unpaired) electrons. The summed E-state index contributed by atoms with van der Waals surface area (Å²) in [5.41, 5.74) is 3.72. The summed E-state index contributed by atoms with van der Waals surface area (Å²) in [5, 5.41) is 0. The number of H-pyrrole nitrogens is 1. The molecule has 1 fully saturated rings. The molecule has 0 saturated carbocycles. The minimum atomic E-state index is -0.131. The first kappa shape index (κ1) is 19.4. The van der Waals surface area contributed by atoms with Gasteiger partial charge >= 0.3 is 0 Å². The quantitative estimate of drug-likeness (QED) is 0.875. The molecule has 1 saturated heterocycles. The van der Waals surface area contributed by atoms with Gasteiger partial charge in [0.05, 0.1) is 6.10 Å². The number of hydrogen-bond donors (Lipinski definition) is 1. The smallest absolute Gasteiger partial charge is 0.256 e. The maximum Gasteiger partial charge on any atom is 0.256 e. The van der Waals surface area contributed by atoms with E-state index in [9.17, 15) is 9.59 Å². The molecule has 1 aromatic heterocycles. The Morgan fingerprint density at radius 1 is 1.30 bits per heavy atom. The number of carbonyl (C=O) groups excluding carboxylic acids is 1. The number of nitrogens with zero attached hydrogens (tertiary/aromatic N) is 1. The van der Waals surface area contributed by atoms with Crippen molar-refractivity contribution in [2.45, 2.75) is 46.1 Å². The summed E-state index contributed by atoms with van der Waals surface area (Å²) >= 11 is 0. The molecule has 1 aromatic carbocycles. The van der Waals surface area contributed by atoms with Crippen LogP contribution in [0.5, 0.6) is 0 Å². The van der Waals surface area contributed by atoms with E-state index in [4.69, 9.17) is 4.74 Å². The number of likely N-dealkylation sites (tertiary alicyclic amines) is 1. The summed E-state index contributed by atoms with van der Waals surface area (Å²) in [6.45, 7) is 8.05. The molecule has 0 spiro atoms. The summed E-state index contributed by atoms with van der Waals surface area (Å²) in [6, 6.07) is 9.23. The van der Waals surface area contributed by atoms with Gasteiger partial charge in [-0.2, -0.15) is 0 Å². The third kappa shape index (κ3) is 4.48. The van der Waals surface area contributed by atoms with Crippen LogP contribution in [0.2, 0.25) is 0 Å². The monoisotopic (exact) mass is 368 g/mol. The van der Waals surface area contributed by atoms with Crippen LogP contribution >= 0.6 is 0 Å². The molecule has 1 aliphatic rings. The second kappa shape index (κ2) is 8.53. The van der Waals surface area contributed by atoms with Crippen molar-refractivity contribution < 1.29 is 9.53 Å². The molecule has 1 atom stereocenters. The number of rotatable bonds is 5. The van der Waals surface area contributed by atoms with Crippen molar-refractivity contribution in [3.63, 3.8) is 0 Å². The highest BCUT2D eigenvalue weighted by Crippen LogP contribution is 2.21. The topological polar surface area (TPSA) is 62.4 Å². The Balaban J connectivity index is 1.82. The Morgan fingerprint density at radius 2 is 2.11 bits per heavy atom. The molecule has 1 amide bonds. The number of pyridine rings is 1. The van der Waals surface area contributed by atoms with Gasteiger partial charge in [0.25, 0.3) is 11.5 Å². The molecule has 0 unspecified atom stereocenters. The first-order chi connectivity index (χ1) is 13.0. The Hall–Kier alpha value is -2.40. The molecule has 1 N–H and O–H groups in total. The molecule has 3 rings (SSSR count). The van der Waals surface area contributed by atoms with Crippen LogP contribution in [-0.2, 0) is 4.74 Å². The van der Waals surface area contributed by atoms with Crippen molar-refractivity contribution in [2.24, 2.45) is 0 Å². The molecule has 2 aromatic rings. The number of ether oxygens (including phenoxy) is 1. The van der Waals surface area contributed by atoms with E-state index >= 15 is 0 Å². The van der Waals surface area contributed by atoms with Crippen LogP contribution in [0.15, 0.2) is 35.1 Å². The highest BCUT2D eigenvalue weighted by atomic mass is 16.5. The number of piperidine rings is 1. The van der Waals surface area contributed by atoms with Crippen molar-refractivity contribution in [1.82, 2.24) is 9.88 Å². The van der Waals surface area contributed by atoms with Crippen molar-refractivity contribution >= 4 is 5.91 Å². The standard InChI is InChI=1S/C22H28N2O3/c1-4-11-27-19-9-6-10-24(14-19)22(26)18-8-5-7-17(13-18)20-12-15(2)16(3)23-21(20)25/h5,7-8,12-13,19H,4,6,9-11,14H2,1-3H3,(H,23,25)/t19-/m1/s1. The third-order valence-electron chi connectivity index (χ3n) is 5.14. The maximum atomic E-state index is 13.0. The molecule has 27 heavy (non-hydrogen) atoms. The van der Waals surface area contributed by atoms with Crippen LogP contribution in [0.25, 0.3) is 11.1 Å². The predicted octanol–water partition coefficient (Wildman–Crippen LogP) is 3.69. The van der Waals surface area contributed by atoms with Gasteiger partial charge in [-0.1, -0.05) is 19.1 Å². The third-order valence-corrected chi connectivity index (χ3v) is 5.14. The van der Waals surface area contributed by atoms with E-state index in [0.717, 1.165) is 49.2 Å². The number of nitrogens with one attached hydrogen (secondary N) is 1. The predicted molar refractivity (Wildman–Crippen MR) is 107 cm³/mol. The van der Waals surface area contributed by atoms with Crippen LogP contribution < -0.4 is 5.56 Å². The minimum Gasteiger partial charge on any atom is -0.376 e. The van der Waals surface area contributed by atoms with Gasteiger partial charge in [0.15, 0.2) is 0 Å². The fraction of sp³-hybridized carbons (Fsp3) is 0.455. The number of amides is 1. The van der Waals surface area contributed by atoms with E-state index in [0.29, 0.717) is 17.7 Å². The maximum absolute atomic E-state index is 13.0. The Morgan fingerprint density at radius 3 is 2.89 bits per heavy atom. The molecule has 2 heterocycles. The summed E-state index contributed by atoms with van der Waals surface area (Å²) in [5.74, 6) is 0.00177. The number of aromatic amines is 1. The first-order valence-corrected chi connectivity index (χ1v) is 9.71. The van der Waals surface area contributed by atoms with Crippen molar-refractivity contribution in [3.8, 4) is 11.1 Å². The van der Waals surface area contributed by atoms with E-state index in [1.54, 1.807) is 0 Å². The number of aryl methyl sites for hydroxylation is 2. The van der Waals surface area contributed by atoms with Crippen LogP contribution in [-0.4, -0.2) is 41.6 Å². The number of hydrogen-bond acceptors (Lipinski definition) is 3. The van der Waals surface area contributed by atoms with E-state index in [2.05, 4.69) is 11.9 Å². The number of benzene rings is 1. The van der Waals surface area contributed by atoms with Crippen LogP contribution in [0.4, 0.5) is 0 Å². The van der Waals surface area contributed by atoms with Gasteiger partial charge in [-0.3, -0.25) is 9.59 Å². The van der Waals surface area contributed by atoms with Crippen molar-refractivity contribution in [3.05, 3.63) is 57.5 Å². The fourth-order valence-electron chi connectivity index (χ4n) is 3.49. The second-order valence-corrected chi connectivity index (χ2v) is 7.29. The van der Waals surface area contributed by atoms with Gasteiger partial charge < -0.3 is 14.6 Å². The molecule has 0 aliphatic carbocycles. The van der Waals surface area contributed by atoms with Gasteiger partial charge in [0, 0.05) is 36.5 Å². The van der Waals surface area contributed by atoms with Gasteiger partial charge in [-0.05, 0) is 62.4 Å². The molecule has 1 aliphatic heterocycles. The average Bonchev–Trinajstić information content (AvgIpc) is 2.69. The van der Waals surface area contributed by atoms with Crippen LogP contribution in [0.1, 0.15) is 47.8 Å². The minimum absolute atomic E-state index is 0.00177.